The maximum absolute atomic E-state index is 12.7. The Morgan fingerprint density at radius 1 is 1.40 bits per heavy atom. The van der Waals surface area contributed by atoms with Gasteiger partial charge in [-0.05, 0) is 18.9 Å². The quantitative estimate of drug-likeness (QED) is 0.604. The van der Waals surface area contributed by atoms with Crippen LogP contribution in [0.1, 0.15) is 24.6 Å². The van der Waals surface area contributed by atoms with Crippen molar-refractivity contribution in [2.24, 2.45) is 0 Å². The van der Waals surface area contributed by atoms with E-state index in [1.54, 1.807) is 4.90 Å². The minimum absolute atomic E-state index is 0.144. The van der Waals surface area contributed by atoms with Crippen LogP contribution in [-0.2, 0) is 6.18 Å². The van der Waals surface area contributed by atoms with Gasteiger partial charge in [0.2, 0.25) is 5.82 Å². The van der Waals surface area contributed by atoms with Crippen molar-refractivity contribution in [3.8, 4) is 0 Å². The van der Waals surface area contributed by atoms with Gasteiger partial charge in [-0.2, -0.15) is 18.3 Å². The molecule has 25 heavy (non-hydrogen) atoms. The molecule has 0 spiro atoms. The molecule has 0 aliphatic carbocycles. The second-order valence-corrected chi connectivity index (χ2v) is 6.11. The van der Waals surface area contributed by atoms with E-state index in [9.17, 15) is 23.3 Å². The van der Waals surface area contributed by atoms with E-state index >= 15 is 0 Å². The minimum atomic E-state index is -4.50. The molecule has 134 valence electrons. The van der Waals surface area contributed by atoms with Gasteiger partial charge in [0.1, 0.15) is 0 Å². The zero-order chi connectivity index (χ0) is 18.2. The lowest BCUT2D eigenvalue weighted by Crippen LogP contribution is -2.37. The van der Waals surface area contributed by atoms with Gasteiger partial charge in [-0.3, -0.25) is 14.8 Å². The fourth-order valence-electron chi connectivity index (χ4n) is 2.85. The summed E-state index contributed by atoms with van der Waals surface area (Å²) in [4.78, 5) is 16.4. The van der Waals surface area contributed by atoms with E-state index in [1.807, 2.05) is 0 Å². The summed E-state index contributed by atoms with van der Waals surface area (Å²) in [6.07, 6.45) is -0.649. The van der Waals surface area contributed by atoms with Gasteiger partial charge >= 0.3 is 11.9 Å². The highest BCUT2D eigenvalue weighted by molar-refractivity contribution is 6.30. The van der Waals surface area contributed by atoms with Crippen LogP contribution in [0.3, 0.4) is 0 Å². The molecule has 0 aromatic carbocycles. The van der Waals surface area contributed by atoms with Crippen molar-refractivity contribution in [2.45, 2.75) is 25.1 Å². The molecule has 1 aliphatic rings. The Hall–Kier alpha value is -2.36. The monoisotopic (exact) mass is 375 g/mol. The van der Waals surface area contributed by atoms with Gasteiger partial charge in [-0.1, -0.05) is 11.6 Å². The lowest BCUT2D eigenvalue weighted by atomic mass is 10.1. The first-order valence-electron chi connectivity index (χ1n) is 7.43. The maximum Gasteiger partial charge on any atom is 0.435 e. The summed E-state index contributed by atoms with van der Waals surface area (Å²) < 4.78 is 39.4. The number of nitrogens with zero attached hydrogens (tertiary/aromatic N) is 5. The van der Waals surface area contributed by atoms with Crippen LogP contribution >= 0.6 is 11.6 Å². The Morgan fingerprint density at radius 3 is 2.80 bits per heavy atom. The predicted molar refractivity (Wildman–Crippen MR) is 83.6 cm³/mol. The van der Waals surface area contributed by atoms with Crippen molar-refractivity contribution in [3.63, 3.8) is 0 Å². The Bertz CT molecular complexity index is 795. The van der Waals surface area contributed by atoms with Crippen LogP contribution < -0.4 is 4.90 Å². The second kappa shape index (κ2) is 6.51. The molecule has 0 bridgehead atoms. The Morgan fingerprint density at radius 2 is 2.16 bits per heavy atom. The number of aromatic nitrogens is 3. The van der Waals surface area contributed by atoms with Gasteiger partial charge in [-0.15, -0.1) is 0 Å². The first-order chi connectivity index (χ1) is 11.8. The van der Waals surface area contributed by atoms with E-state index in [-0.39, 0.29) is 29.1 Å². The molecule has 0 saturated carbocycles. The third-order valence-electron chi connectivity index (χ3n) is 3.98. The maximum atomic E-state index is 12.7. The SMILES string of the molecule is O=[N+]([O-])c1cc(Cl)cnc1N1CCCC(n2ccc(C(F)(F)F)n2)C1. The molecule has 7 nitrogen and oxygen atoms in total. The highest BCUT2D eigenvalue weighted by Crippen LogP contribution is 2.33. The van der Waals surface area contributed by atoms with Crippen LogP contribution in [0.15, 0.2) is 24.5 Å². The highest BCUT2D eigenvalue weighted by atomic mass is 35.5. The van der Waals surface area contributed by atoms with E-state index in [1.165, 1.54) is 23.1 Å². The summed E-state index contributed by atoms with van der Waals surface area (Å²) in [7, 11) is 0. The number of rotatable bonds is 3. The van der Waals surface area contributed by atoms with Gasteiger partial charge in [0.15, 0.2) is 5.69 Å². The van der Waals surface area contributed by atoms with Crippen molar-refractivity contribution < 1.29 is 18.1 Å². The van der Waals surface area contributed by atoms with E-state index in [2.05, 4.69) is 10.1 Å². The van der Waals surface area contributed by atoms with E-state index in [0.29, 0.717) is 19.4 Å². The number of hydrogen-bond acceptors (Lipinski definition) is 5. The third kappa shape index (κ3) is 3.68. The lowest BCUT2D eigenvalue weighted by molar-refractivity contribution is -0.384. The Labute approximate surface area is 145 Å². The Balaban J connectivity index is 1.85. The van der Waals surface area contributed by atoms with E-state index in [0.717, 1.165) is 6.07 Å². The largest absolute Gasteiger partial charge is 0.435 e. The summed E-state index contributed by atoms with van der Waals surface area (Å²) >= 11 is 5.76. The third-order valence-corrected chi connectivity index (χ3v) is 4.19. The minimum Gasteiger partial charge on any atom is -0.349 e. The molecule has 0 N–H and O–H groups in total. The smallest absolute Gasteiger partial charge is 0.349 e. The number of pyridine rings is 1. The van der Waals surface area contributed by atoms with Crippen LogP contribution in [-0.4, -0.2) is 32.8 Å². The molecular formula is C14H13ClF3N5O2. The number of nitro groups is 1. The molecule has 1 unspecified atom stereocenters. The van der Waals surface area contributed by atoms with Crippen molar-refractivity contribution >= 4 is 23.1 Å². The van der Waals surface area contributed by atoms with Gasteiger partial charge in [0.25, 0.3) is 0 Å². The number of anilines is 1. The first kappa shape index (κ1) is 17.5. The molecule has 3 rings (SSSR count). The number of hydrogen-bond donors (Lipinski definition) is 0. The summed E-state index contributed by atoms with van der Waals surface area (Å²) in [6.45, 7) is 0.786. The number of alkyl halides is 3. The van der Waals surface area contributed by atoms with Crippen LogP contribution in [0.5, 0.6) is 0 Å². The number of halogens is 4. The standard InChI is InChI=1S/C14H13ClF3N5O2/c15-9-6-11(23(24)25)13(19-7-9)21-4-1-2-10(8-21)22-5-3-12(20-22)14(16,17)18/h3,5-7,10H,1-2,4,8H2. The van der Waals surface area contributed by atoms with Gasteiger partial charge in [0, 0.05) is 31.5 Å². The van der Waals surface area contributed by atoms with Crippen molar-refractivity contribution in [2.75, 3.05) is 18.0 Å². The van der Waals surface area contributed by atoms with E-state index in [4.69, 9.17) is 11.6 Å². The molecule has 1 atom stereocenters. The van der Waals surface area contributed by atoms with Crippen molar-refractivity contribution in [1.82, 2.24) is 14.8 Å². The molecular weight excluding hydrogens is 363 g/mol. The molecule has 1 fully saturated rings. The molecule has 11 heteroatoms. The molecule has 2 aromatic rings. The zero-order valence-electron chi connectivity index (χ0n) is 12.8. The zero-order valence-corrected chi connectivity index (χ0v) is 13.5. The summed E-state index contributed by atoms with van der Waals surface area (Å²) in [5.41, 5.74) is -1.19. The van der Waals surface area contributed by atoms with Crippen LogP contribution in [0.2, 0.25) is 5.02 Å². The molecule has 0 amide bonds. The molecule has 2 aromatic heterocycles. The van der Waals surface area contributed by atoms with Crippen LogP contribution in [0.25, 0.3) is 0 Å². The lowest BCUT2D eigenvalue weighted by Gasteiger charge is -2.33. The average molecular weight is 376 g/mol. The highest BCUT2D eigenvalue weighted by Gasteiger charge is 2.35. The van der Waals surface area contributed by atoms with Gasteiger partial charge in [-0.25, -0.2) is 4.98 Å². The topological polar surface area (TPSA) is 77.1 Å². The van der Waals surface area contributed by atoms with Gasteiger partial charge < -0.3 is 4.90 Å². The van der Waals surface area contributed by atoms with Gasteiger partial charge in [0.05, 0.1) is 16.0 Å². The van der Waals surface area contributed by atoms with Crippen LogP contribution in [0.4, 0.5) is 24.7 Å². The van der Waals surface area contributed by atoms with Crippen LogP contribution in [0, 0.1) is 10.1 Å². The van der Waals surface area contributed by atoms with Crippen molar-refractivity contribution in [3.05, 3.63) is 45.4 Å². The number of piperidine rings is 1. The summed E-state index contributed by atoms with van der Waals surface area (Å²) in [6, 6.07) is 1.80. The second-order valence-electron chi connectivity index (χ2n) is 5.67. The fourth-order valence-corrected chi connectivity index (χ4v) is 3.01. The summed E-state index contributed by atoms with van der Waals surface area (Å²) in [5.74, 6) is 0.155. The summed E-state index contributed by atoms with van der Waals surface area (Å²) in [5, 5.41) is 15.0. The normalized spacial score (nSPS) is 18.4. The average Bonchev–Trinajstić information content (AvgIpc) is 3.05. The Kier molecular flexibility index (Phi) is 4.55. The van der Waals surface area contributed by atoms with Crippen molar-refractivity contribution in [1.29, 1.82) is 0 Å². The predicted octanol–water partition coefficient (Wildman–Crippen LogP) is 3.70. The first-order valence-corrected chi connectivity index (χ1v) is 7.81. The molecule has 3 heterocycles. The fraction of sp³-hybridized carbons (Fsp3) is 0.429. The molecule has 1 aliphatic heterocycles. The molecule has 1 saturated heterocycles. The van der Waals surface area contributed by atoms with E-state index < -0.39 is 16.8 Å². The molecule has 0 radical (unpaired) electrons.